The summed E-state index contributed by atoms with van der Waals surface area (Å²) in [5.74, 6) is 0.0541. The number of carbonyl (C=O) groups is 1. The Morgan fingerprint density at radius 2 is 2.00 bits per heavy atom. The Kier molecular flexibility index (Phi) is 6.25. The Balaban J connectivity index is 0.00000225. The monoisotopic (exact) mass is 362 g/mol. The number of rotatable bonds is 4. The maximum Gasteiger partial charge on any atom is 0.248 e. The first-order valence-electron chi connectivity index (χ1n) is 8.62. The van der Waals surface area contributed by atoms with Gasteiger partial charge in [-0.2, -0.15) is 5.10 Å². The minimum absolute atomic E-state index is 0. The summed E-state index contributed by atoms with van der Waals surface area (Å²) in [7, 11) is 0. The molecule has 1 aromatic heterocycles. The third-order valence-electron chi connectivity index (χ3n) is 5.17. The van der Waals surface area contributed by atoms with Crippen LogP contribution in [-0.4, -0.2) is 28.8 Å². The summed E-state index contributed by atoms with van der Waals surface area (Å²) in [5, 5.41) is 10.9. The molecule has 136 valence electrons. The van der Waals surface area contributed by atoms with Gasteiger partial charge < -0.3 is 10.6 Å². The van der Waals surface area contributed by atoms with Crippen molar-refractivity contribution in [3.63, 3.8) is 0 Å². The van der Waals surface area contributed by atoms with Crippen LogP contribution >= 0.6 is 12.4 Å². The van der Waals surface area contributed by atoms with Crippen molar-refractivity contribution in [1.82, 2.24) is 20.4 Å². The van der Waals surface area contributed by atoms with E-state index in [1.54, 1.807) is 6.20 Å². The molecule has 1 unspecified atom stereocenters. The maximum absolute atomic E-state index is 13.2. The van der Waals surface area contributed by atoms with E-state index in [1.807, 2.05) is 23.9 Å². The minimum Gasteiger partial charge on any atom is -0.347 e. The topological polar surface area (TPSA) is 59.0 Å². The van der Waals surface area contributed by atoms with Crippen LogP contribution in [0.1, 0.15) is 42.5 Å². The van der Waals surface area contributed by atoms with Crippen LogP contribution in [0.5, 0.6) is 0 Å². The molecule has 0 saturated carbocycles. The lowest BCUT2D eigenvalue weighted by atomic mass is 9.87. The molecule has 2 heterocycles. The molecule has 2 N–H and O–H groups in total. The van der Waals surface area contributed by atoms with Gasteiger partial charge in [0.1, 0.15) is 5.54 Å². The summed E-state index contributed by atoms with van der Waals surface area (Å²) in [6, 6.07) is 8.21. The number of hydrogen-bond acceptors (Lipinski definition) is 3. The van der Waals surface area contributed by atoms with Crippen molar-refractivity contribution >= 4 is 18.3 Å². The molecule has 1 aromatic carbocycles. The number of hydrogen-bond donors (Lipinski definition) is 2. The first-order chi connectivity index (χ1) is 11.5. The average molecular weight is 363 g/mol. The smallest absolute Gasteiger partial charge is 0.248 e. The second kappa shape index (κ2) is 8.02. The first-order valence-corrected chi connectivity index (χ1v) is 8.62. The average Bonchev–Trinajstić information content (AvgIpc) is 3.13. The predicted molar refractivity (Wildman–Crippen MR) is 102 cm³/mol. The summed E-state index contributed by atoms with van der Waals surface area (Å²) < 4.78 is 1.83. The lowest BCUT2D eigenvalue weighted by Crippen LogP contribution is -2.55. The molecule has 1 aliphatic heterocycles. The largest absolute Gasteiger partial charge is 0.347 e. The van der Waals surface area contributed by atoms with Crippen LogP contribution in [-0.2, 0) is 10.3 Å². The van der Waals surface area contributed by atoms with E-state index in [0.717, 1.165) is 31.5 Å². The van der Waals surface area contributed by atoms with Crippen molar-refractivity contribution in [2.75, 3.05) is 13.1 Å². The Morgan fingerprint density at radius 3 is 2.60 bits per heavy atom. The van der Waals surface area contributed by atoms with Crippen LogP contribution in [0.3, 0.4) is 0 Å². The third-order valence-corrected chi connectivity index (χ3v) is 5.17. The molecule has 0 radical (unpaired) electrons. The number of piperidine rings is 1. The molecule has 0 spiro atoms. The fourth-order valence-corrected chi connectivity index (χ4v) is 3.37. The molecule has 0 bridgehead atoms. The number of amides is 1. The zero-order valence-electron chi connectivity index (χ0n) is 15.1. The van der Waals surface area contributed by atoms with Crippen molar-refractivity contribution in [2.24, 2.45) is 0 Å². The van der Waals surface area contributed by atoms with E-state index in [2.05, 4.69) is 47.8 Å². The molecule has 3 rings (SSSR count). The van der Waals surface area contributed by atoms with Crippen LogP contribution in [0, 0.1) is 13.8 Å². The molecule has 25 heavy (non-hydrogen) atoms. The SMILES string of the molecule is Cc1ccc(C(C)NC(=O)C2(n3cccn3)CCNCC2)cc1C.Cl. The highest BCUT2D eigenvalue weighted by atomic mass is 35.5. The molecule has 1 fully saturated rings. The highest BCUT2D eigenvalue weighted by Crippen LogP contribution is 2.28. The summed E-state index contributed by atoms with van der Waals surface area (Å²) in [5.41, 5.74) is 3.06. The highest BCUT2D eigenvalue weighted by Gasteiger charge is 2.42. The number of nitrogens with one attached hydrogen (secondary N) is 2. The fraction of sp³-hybridized carbons (Fsp3) is 0.474. The van der Waals surface area contributed by atoms with Gasteiger partial charge in [-0.05, 0) is 69.5 Å². The highest BCUT2D eigenvalue weighted by molar-refractivity contribution is 5.85. The molecule has 1 atom stereocenters. The van der Waals surface area contributed by atoms with Crippen molar-refractivity contribution in [1.29, 1.82) is 0 Å². The first kappa shape index (κ1) is 19.5. The minimum atomic E-state index is -0.594. The lowest BCUT2D eigenvalue weighted by Gasteiger charge is -2.37. The second-order valence-electron chi connectivity index (χ2n) is 6.77. The van der Waals surface area contributed by atoms with Gasteiger partial charge >= 0.3 is 0 Å². The van der Waals surface area contributed by atoms with Gasteiger partial charge in [-0.3, -0.25) is 9.48 Å². The van der Waals surface area contributed by atoms with Crippen molar-refractivity contribution in [3.05, 3.63) is 53.3 Å². The second-order valence-corrected chi connectivity index (χ2v) is 6.77. The molecule has 1 aliphatic rings. The quantitative estimate of drug-likeness (QED) is 0.879. The summed E-state index contributed by atoms with van der Waals surface area (Å²) >= 11 is 0. The van der Waals surface area contributed by atoms with Gasteiger partial charge in [-0.25, -0.2) is 0 Å². The number of carbonyl (C=O) groups excluding carboxylic acids is 1. The fourth-order valence-electron chi connectivity index (χ4n) is 3.37. The molecule has 0 aliphatic carbocycles. The van der Waals surface area contributed by atoms with E-state index in [0.29, 0.717) is 0 Å². The zero-order valence-corrected chi connectivity index (χ0v) is 15.9. The van der Waals surface area contributed by atoms with Crippen molar-refractivity contribution in [2.45, 2.75) is 45.2 Å². The van der Waals surface area contributed by atoms with Gasteiger partial charge in [-0.1, -0.05) is 18.2 Å². The van der Waals surface area contributed by atoms with Crippen LogP contribution in [0.2, 0.25) is 0 Å². The van der Waals surface area contributed by atoms with Crippen LogP contribution < -0.4 is 10.6 Å². The summed E-state index contributed by atoms with van der Waals surface area (Å²) in [6.45, 7) is 7.89. The Hall–Kier alpha value is -1.85. The van der Waals surface area contributed by atoms with Crippen molar-refractivity contribution < 1.29 is 4.79 Å². The summed E-state index contributed by atoms with van der Waals surface area (Å²) in [6.07, 6.45) is 5.13. The lowest BCUT2D eigenvalue weighted by molar-refractivity contribution is -0.132. The number of aromatic nitrogens is 2. The van der Waals surface area contributed by atoms with Gasteiger partial charge in [-0.15, -0.1) is 12.4 Å². The van der Waals surface area contributed by atoms with Crippen LogP contribution in [0.15, 0.2) is 36.7 Å². The molecule has 1 saturated heterocycles. The van der Waals surface area contributed by atoms with E-state index in [-0.39, 0.29) is 24.4 Å². The number of halogens is 1. The number of aryl methyl sites for hydroxylation is 2. The molecule has 6 heteroatoms. The zero-order chi connectivity index (χ0) is 17.2. The van der Waals surface area contributed by atoms with Crippen molar-refractivity contribution in [3.8, 4) is 0 Å². The summed E-state index contributed by atoms with van der Waals surface area (Å²) in [4.78, 5) is 13.2. The van der Waals surface area contributed by atoms with E-state index in [4.69, 9.17) is 0 Å². The predicted octanol–water partition coefficient (Wildman–Crippen LogP) is 2.88. The number of benzene rings is 1. The molecule has 1 amide bonds. The number of nitrogens with zero attached hydrogens (tertiary/aromatic N) is 2. The standard InChI is InChI=1S/C19H26N4O.ClH/c1-14-5-6-17(13-15(14)2)16(3)22-18(24)19(7-10-20-11-8-19)23-12-4-9-21-23;/h4-6,9,12-13,16,20H,7-8,10-11H2,1-3H3,(H,22,24);1H. The molecule has 2 aromatic rings. The normalized spacial score (nSPS) is 17.4. The van der Waals surface area contributed by atoms with Gasteiger partial charge in [0.25, 0.3) is 0 Å². The van der Waals surface area contributed by atoms with E-state index in [9.17, 15) is 4.79 Å². The maximum atomic E-state index is 13.2. The van der Waals surface area contributed by atoms with E-state index in [1.165, 1.54) is 11.1 Å². The van der Waals surface area contributed by atoms with Gasteiger partial charge in [0, 0.05) is 12.4 Å². The van der Waals surface area contributed by atoms with Crippen LogP contribution in [0.25, 0.3) is 0 Å². The third kappa shape index (κ3) is 3.88. The molecule has 5 nitrogen and oxygen atoms in total. The van der Waals surface area contributed by atoms with Gasteiger partial charge in [0.2, 0.25) is 5.91 Å². The Morgan fingerprint density at radius 1 is 1.28 bits per heavy atom. The van der Waals surface area contributed by atoms with Gasteiger partial charge in [0.05, 0.1) is 6.04 Å². The van der Waals surface area contributed by atoms with E-state index >= 15 is 0 Å². The molecular weight excluding hydrogens is 336 g/mol. The Labute approximate surface area is 155 Å². The van der Waals surface area contributed by atoms with Crippen LogP contribution in [0.4, 0.5) is 0 Å². The molecular formula is C19H27ClN4O. The van der Waals surface area contributed by atoms with E-state index < -0.39 is 5.54 Å². The Bertz CT molecular complexity index is 708. The van der Waals surface area contributed by atoms with Gasteiger partial charge in [0.15, 0.2) is 0 Å².